The predicted molar refractivity (Wildman–Crippen MR) is 80.9 cm³/mol. The summed E-state index contributed by atoms with van der Waals surface area (Å²) in [5, 5.41) is 8.84. The molecule has 1 fully saturated rings. The van der Waals surface area contributed by atoms with Crippen molar-refractivity contribution in [2.75, 3.05) is 30.1 Å². The van der Waals surface area contributed by atoms with Crippen molar-refractivity contribution < 1.29 is 9.53 Å². The van der Waals surface area contributed by atoms with Crippen molar-refractivity contribution in [3.63, 3.8) is 0 Å². The maximum absolute atomic E-state index is 11.7. The third-order valence-electron chi connectivity index (χ3n) is 3.16. The van der Waals surface area contributed by atoms with Crippen molar-refractivity contribution in [3.05, 3.63) is 5.82 Å². The van der Waals surface area contributed by atoms with Crippen LogP contribution in [-0.4, -0.2) is 41.8 Å². The van der Waals surface area contributed by atoms with Gasteiger partial charge in [-0.15, -0.1) is 0 Å². The van der Waals surface area contributed by atoms with Gasteiger partial charge < -0.3 is 26.4 Å². The van der Waals surface area contributed by atoms with E-state index < -0.39 is 6.10 Å². The van der Waals surface area contributed by atoms with Crippen molar-refractivity contribution in [2.24, 2.45) is 0 Å². The highest BCUT2D eigenvalue weighted by atomic mass is 16.5. The van der Waals surface area contributed by atoms with E-state index in [0.717, 1.165) is 12.8 Å². The lowest BCUT2D eigenvalue weighted by atomic mass is 10.4. The van der Waals surface area contributed by atoms with Crippen LogP contribution in [0.5, 0.6) is 0 Å². The molecule has 1 amide bonds. The highest BCUT2D eigenvalue weighted by Crippen LogP contribution is 2.24. The first-order valence-corrected chi connectivity index (χ1v) is 6.99. The van der Waals surface area contributed by atoms with E-state index >= 15 is 0 Å². The van der Waals surface area contributed by atoms with Gasteiger partial charge in [-0.05, 0) is 26.7 Å². The third-order valence-corrected chi connectivity index (χ3v) is 3.16. The van der Waals surface area contributed by atoms with E-state index in [1.54, 1.807) is 20.9 Å². The molecule has 2 rings (SSSR count). The van der Waals surface area contributed by atoms with E-state index in [1.165, 1.54) is 0 Å². The van der Waals surface area contributed by atoms with Crippen molar-refractivity contribution in [2.45, 2.75) is 38.8 Å². The van der Waals surface area contributed by atoms with Gasteiger partial charge in [-0.2, -0.15) is 0 Å². The second kappa shape index (κ2) is 6.57. The normalized spacial score (nSPS) is 15.4. The van der Waals surface area contributed by atoms with E-state index in [2.05, 4.69) is 25.9 Å². The minimum absolute atomic E-state index is 0.0912. The van der Waals surface area contributed by atoms with Crippen LogP contribution >= 0.6 is 0 Å². The average Bonchev–Trinajstić information content (AvgIpc) is 3.22. The Balaban J connectivity index is 1.86. The number of carbonyl (C=O) groups is 1. The molecule has 0 radical (unpaired) electrons. The molecule has 0 spiro atoms. The Hall–Kier alpha value is -2.09. The van der Waals surface area contributed by atoms with Crippen molar-refractivity contribution in [3.8, 4) is 0 Å². The smallest absolute Gasteiger partial charge is 0.249 e. The number of carbonyl (C=O) groups excluding carboxylic acids is 1. The first-order valence-electron chi connectivity index (χ1n) is 6.99. The fraction of sp³-hybridized carbons (Fsp3) is 0.615. The first kappa shape index (κ1) is 15.3. The molecule has 1 atom stereocenters. The molecule has 8 heteroatoms. The number of nitrogen functional groups attached to an aromatic ring is 1. The number of aromatic nitrogens is 2. The summed E-state index contributed by atoms with van der Waals surface area (Å²) in [6, 6.07) is 0.330. The predicted octanol–water partition coefficient (Wildman–Crippen LogP) is 0.462. The van der Waals surface area contributed by atoms with Gasteiger partial charge in [0.2, 0.25) is 5.91 Å². The number of ether oxygens (including phenoxy) is 1. The number of hydrogen-bond donors (Lipinski definition) is 4. The van der Waals surface area contributed by atoms with Gasteiger partial charge in [0, 0.05) is 13.1 Å². The van der Waals surface area contributed by atoms with Crippen LogP contribution in [-0.2, 0) is 9.53 Å². The molecule has 1 aliphatic rings. The zero-order valence-corrected chi connectivity index (χ0v) is 12.6. The van der Waals surface area contributed by atoms with Crippen molar-refractivity contribution in [1.82, 2.24) is 15.3 Å². The minimum Gasteiger partial charge on any atom is -0.382 e. The number of nitrogens with two attached hydrogens (primary N) is 1. The van der Waals surface area contributed by atoms with Crippen LogP contribution in [0.4, 0.5) is 17.3 Å². The number of rotatable bonds is 7. The van der Waals surface area contributed by atoms with Gasteiger partial charge in [0.05, 0.1) is 0 Å². The summed E-state index contributed by atoms with van der Waals surface area (Å²) in [4.78, 5) is 20.1. The third kappa shape index (κ3) is 4.19. The highest BCUT2D eigenvalue weighted by Gasteiger charge is 2.25. The molecule has 1 aromatic heterocycles. The fourth-order valence-electron chi connectivity index (χ4n) is 1.83. The van der Waals surface area contributed by atoms with Gasteiger partial charge in [0.1, 0.15) is 24.3 Å². The number of anilines is 3. The van der Waals surface area contributed by atoms with Crippen LogP contribution in [0.25, 0.3) is 0 Å². The van der Waals surface area contributed by atoms with Crippen LogP contribution in [0.1, 0.15) is 25.6 Å². The Morgan fingerprint density at radius 2 is 2.19 bits per heavy atom. The van der Waals surface area contributed by atoms with Crippen LogP contribution in [0.2, 0.25) is 0 Å². The van der Waals surface area contributed by atoms with Gasteiger partial charge in [0.25, 0.3) is 0 Å². The maximum Gasteiger partial charge on any atom is 0.249 e. The lowest BCUT2D eigenvalue weighted by Gasteiger charge is -2.16. The Morgan fingerprint density at radius 3 is 2.81 bits per heavy atom. The number of amides is 1. The van der Waals surface area contributed by atoms with E-state index in [9.17, 15) is 4.79 Å². The maximum atomic E-state index is 11.7. The standard InChI is InChI=1S/C13H22N6O2/c1-7(13(20)19-9-4-5-9)21-6-16-12-10(15-3)11(14)17-8(2)18-12/h7,9,15H,4-6H2,1-3H3,(H,19,20)(H3,14,16,17,18)/t7-/m0/s1. The topological polar surface area (TPSA) is 114 Å². The zero-order valence-electron chi connectivity index (χ0n) is 12.6. The zero-order chi connectivity index (χ0) is 15.4. The molecule has 1 aromatic rings. The largest absolute Gasteiger partial charge is 0.382 e. The summed E-state index contributed by atoms with van der Waals surface area (Å²) in [6.07, 6.45) is 1.60. The fourth-order valence-corrected chi connectivity index (χ4v) is 1.83. The highest BCUT2D eigenvalue weighted by molar-refractivity contribution is 5.81. The molecule has 21 heavy (non-hydrogen) atoms. The monoisotopic (exact) mass is 294 g/mol. The molecule has 1 saturated carbocycles. The Labute approximate surface area is 123 Å². The minimum atomic E-state index is -0.517. The average molecular weight is 294 g/mol. The second-order valence-electron chi connectivity index (χ2n) is 5.04. The van der Waals surface area contributed by atoms with Gasteiger partial charge in [-0.1, -0.05) is 0 Å². The number of aryl methyl sites for hydroxylation is 1. The van der Waals surface area contributed by atoms with Gasteiger partial charge in [0.15, 0.2) is 11.6 Å². The summed E-state index contributed by atoms with van der Waals surface area (Å²) in [7, 11) is 1.74. The molecule has 0 aliphatic heterocycles. The molecule has 1 aliphatic carbocycles. The quantitative estimate of drug-likeness (QED) is 0.540. The Bertz CT molecular complexity index is 518. The van der Waals surface area contributed by atoms with E-state index in [4.69, 9.17) is 10.5 Å². The SMILES string of the molecule is CNc1c(N)nc(C)nc1NCO[C@@H](C)C(=O)NC1CC1. The molecule has 8 nitrogen and oxygen atoms in total. The summed E-state index contributed by atoms with van der Waals surface area (Å²) in [5.41, 5.74) is 6.43. The summed E-state index contributed by atoms with van der Waals surface area (Å²) < 4.78 is 5.46. The van der Waals surface area contributed by atoms with Gasteiger partial charge >= 0.3 is 0 Å². The summed E-state index contributed by atoms with van der Waals surface area (Å²) in [5.74, 6) is 1.39. The van der Waals surface area contributed by atoms with Crippen LogP contribution < -0.4 is 21.7 Å². The molecule has 116 valence electrons. The molecular formula is C13H22N6O2. The lowest BCUT2D eigenvalue weighted by Crippen LogP contribution is -2.36. The molecular weight excluding hydrogens is 272 g/mol. The van der Waals surface area contributed by atoms with Crippen LogP contribution in [0.15, 0.2) is 0 Å². The lowest BCUT2D eigenvalue weighted by molar-refractivity contribution is -0.131. The van der Waals surface area contributed by atoms with Crippen LogP contribution in [0.3, 0.4) is 0 Å². The summed E-state index contributed by atoms with van der Waals surface area (Å²) >= 11 is 0. The second-order valence-corrected chi connectivity index (χ2v) is 5.04. The van der Waals surface area contributed by atoms with Crippen molar-refractivity contribution >= 4 is 23.2 Å². The molecule has 0 aromatic carbocycles. The van der Waals surface area contributed by atoms with E-state index in [0.29, 0.717) is 29.2 Å². The Kier molecular flexibility index (Phi) is 4.79. The van der Waals surface area contributed by atoms with E-state index in [1.807, 2.05) is 0 Å². The van der Waals surface area contributed by atoms with Crippen molar-refractivity contribution in [1.29, 1.82) is 0 Å². The molecule has 0 unspecified atom stereocenters. The first-order chi connectivity index (χ1) is 10.0. The molecule has 5 N–H and O–H groups in total. The van der Waals surface area contributed by atoms with Gasteiger partial charge in [-0.25, -0.2) is 9.97 Å². The number of nitrogens with one attached hydrogen (secondary N) is 3. The molecule has 0 bridgehead atoms. The number of hydrogen-bond acceptors (Lipinski definition) is 7. The van der Waals surface area contributed by atoms with Crippen LogP contribution in [0, 0.1) is 6.92 Å². The Morgan fingerprint density at radius 1 is 1.48 bits per heavy atom. The summed E-state index contributed by atoms with van der Waals surface area (Å²) in [6.45, 7) is 3.63. The van der Waals surface area contributed by atoms with E-state index in [-0.39, 0.29) is 12.6 Å². The number of nitrogens with zero attached hydrogens (tertiary/aromatic N) is 2. The molecule has 0 saturated heterocycles. The molecule has 1 heterocycles. The van der Waals surface area contributed by atoms with Gasteiger partial charge in [-0.3, -0.25) is 4.79 Å².